The third-order valence-electron chi connectivity index (χ3n) is 21.7. The summed E-state index contributed by atoms with van der Waals surface area (Å²) in [7, 11) is 3.53. The van der Waals surface area contributed by atoms with Crippen LogP contribution in [-0.2, 0) is 77.6 Å². The molecule has 534 valence electrons. The van der Waals surface area contributed by atoms with Crippen LogP contribution in [0.4, 0.5) is 22.0 Å². The minimum Gasteiger partial charge on any atom is -0.496 e. The fourth-order valence-electron chi connectivity index (χ4n) is 17.3. The van der Waals surface area contributed by atoms with Gasteiger partial charge < -0.3 is 42.6 Å². The van der Waals surface area contributed by atoms with Crippen molar-refractivity contribution in [3.05, 3.63) is 172 Å². The monoisotopic (exact) mass is 1370 g/mol. The molecule has 9 aromatic rings. The Kier molecular flexibility index (Phi) is 24.6. The molecule has 5 aliphatic rings. The number of carbonyl (C=O) groups excluding carboxylic acids is 4. The first-order valence-electron chi connectivity index (χ1n) is 36.9. The van der Waals surface area contributed by atoms with Crippen LogP contribution in [-0.4, -0.2) is 142 Å². The van der Waals surface area contributed by atoms with Crippen LogP contribution in [0.1, 0.15) is 173 Å². The van der Waals surface area contributed by atoms with E-state index in [0.29, 0.717) is 58.3 Å². The normalized spacial score (nSPS) is 17.7. The number of aryl methyl sites for hydroxylation is 4. The molecule has 1 saturated heterocycles. The molecule has 14 rings (SSSR count). The summed E-state index contributed by atoms with van der Waals surface area (Å²) in [5.41, 5.74) is 13.8. The van der Waals surface area contributed by atoms with Gasteiger partial charge in [-0.25, -0.2) is 22.0 Å². The summed E-state index contributed by atoms with van der Waals surface area (Å²) in [5.74, 6) is 0.572. The predicted octanol–water partition coefficient (Wildman–Crippen LogP) is 16.7. The van der Waals surface area contributed by atoms with E-state index < -0.39 is 20.0 Å². The van der Waals surface area contributed by atoms with Gasteiger partial charge in [-0.15, -0.1) is 0 Å². The highest BCUT2D eigenvalue weighted by molar-refractivity contribution is 5.99. The summed E-state index contributed by atoms with van der Waals surface area (Å²) >= 11 is 0. The highest BCUT2D eigenvalue weighted by Crippen LogP contribution is 2.46. The van der Waals surface area contributed by atoms with E-state index in [9.17, 15) is 41.1 Å². The Labute approximate surface area is 586 Å². The molecule has 4 aromatic heterocycles. The van der Waals surface area contributed by atoms with Crippen LogP contribution < -0.4 is 4.74 Å². The molecule has 0 bridgehead atoms. The minimum atomic E-state index is -0.470. The summed E-state index contributed by atoms with van der Waals surface area (Å²) < 4.78 is 80.2. The number of amides is 4. The molecule has 4 atom stereocenters. The summed E-state index contributed by atoms with van der Waals surface area (Å²) in [4.78, 5) is 60.2. The van der Waals surface area contributed by atoms with Gasteiger partial charge in [0.15, 0.2) is 0 Å². The Morgan fingerprint density at radius 1 is 0.450 bits per heavy atom. The molecule has 4 unspecified atom stereocenters. The molecular formula is C82H101F5N8O5. The van der Waals surface area contributed by atoms with E-state index in [1.165, 1.54) is 29.8 Å². The zero-order valence-corrected chi connectivity index (χ0v) is 59.5. The first-order chi connectivity index (χ1) is 48.8. The van der Waals surface area contributed by atoms with Gasteiger partial charge in [0.25, 0.3) is 0 Å². The quantitative estimate of drug-likeness (QED) is 0.0749. The lowest BCUT2D eigenvalue weighted by Gasteiger charge is -2.32. The van der Waals surface area contributed by atoms with E-state index in [1.807, 2.05) is 133 Å². The van der Waals surface area contributed by atoms with Crippen LogP contribution in [0.15, 0.2) is 115 Å². The van der Waals surface area contributed by atoms with Crippen LogP contribution in [0.5, 0.6) is 5.75 Å². The van der Waals surface area contributed by atoms with E-state index in [2.05, 4.69) is 36.8 Å². The fraction of sp³-hybridized carbons (Fsp3) is 0.488. The summed E-state index contributed by atoms with van der Waals surface area (Å²) in [6.07, 6.45) is 14.3. The first-order valence-corrected chi connectivity index (χ1v) is 36.9. The number of likely N-dealkylation sites (N-methyl/N-ethyl adjacent to an activating group) is 3. The Morgan fingerprint density at radius 3 is 1.35 bits per heavy atom. The molecule has 0 radical (unpaired) electrons. The minimum absolute atomic E-state index is 0.0439. The number of nitrogens with zero attached hydrogens (tertiary/aromatic N) is 8. The number of methoxy groups -OCH3 is 1. The lowest BCUT2D eigenvalue weighted by Crippen LogP contribution is -2.39. The maximum Gasteiger partial charge on any atom is 0.230 e. The third-order valence-corrected chi connectivity index (χ3v) is 21.7. The van der Waals surface area contributed by atoms with Crippen molar-refractivity contribution < 1.29 is 45.9 Å². The van der Waals surface area contributed by atoms with Crippen molar-refractivity contribution in [3.63, 3.8) is 0 Å². The molecule has 1 fully saturated rings. The maximum atomic E-state index is 13.8. The van der Waals surface area contributed by atoms with Gasteiger partial charge in [0.2, 0.25) is 23.6 Å². The highest BCUT2D eigenvalue weighted by atomic mass is 19.1. The smallest absolute Gasteiger partial charge is 0.230 e. The standard InChI is InChI=1S/C23H25FN2O.C20H27FN2O2.C20H25FN2O.C19H24F2N2O/c1-25(16-17-8-3-2-4-9-17)23(27)19-11-7-13-21-22(19)18-10-5-6-12-20(18)26(21)15-14-24;1-4-22(5-2)20(24)14-8-6-9-15-18(14)19-16(23(15)13-12-21)10-7-11-17(19)25-3;21-11-14-23-17-9-3-2-7-15(17)19-16(8-6-10-18(19)23)20(24)22-12-4-1-5-13-22;1-3-22(4-2)19(24)14-6-5-7-17-18(14)15-12-13(21)8-9-16(15)23(17)11-10-20/h2-6,8-10,12,19H,7,11,13-16H2,1H3;7,10-11,14H,4-6,8-9,12-13H2,1-3H3;2-3,7,9,16H,1,4-6,8,10-14H2;8-9,12,14H,3-7,10-11H2,1-2H3/i24-1;2*21-1;20-1. The molecule has 13 nitrogen and oxygen atoms in total. The number of carbonyl (C=O) groups is 4. The number of aromatic nitrogens is 4. The average Bonchev–Trinajstić information content (AvgIpc) is 1.62. The highest BCUT2D eigenvalue weighted by Gasteiger charge is 2.39. The van der Waals surface area contributed by atoms with Crippen LogP contribution in [0.2, 0.25) is 0 Å². The Balaban J connectivity index is 0.000000135. The molecule has 4 amide bonds. The zero-order chi connectivity index (χ0) is 70.6. The molecule has 0 spiro atoms. The SMILES string of the molecule is CCN(CC)C(=O)C1CCCc2c1c1c(OC)cccc1n2CC[18F].CCN(CC)C(=O)C1CCCc2c1c1cc(F)ccc1n2CC[18F].CN(Cc1ccccc1)C(=O)C1CCCc2c1c1ccccc1n2CC[18F].O=C(C1CCCc2c1c1ccccc1n2CC[18F])N1CCCCC1. The van der Waals surface area contributed by atoms with E-state index in [0.717, 1.165) is 192 Å². The van der Waals surface area contributed by atoms with Gasteiger partial charge in [-0.3, -0.25) is 19.2 Å². The van der Waals surface area contributed by atoms with Crippen LogP contribution in [0, 0.1) is 5.82 Å². The number of halogens is 5. The molecule has 4 aliphatic carbocycles. The van der Waals surface area contributed by atoms with Crippen molar-refractivity contribution in [2.75, 3.05) is 80.1 Å². The number of alkyl halides is 4. The van der Waals surface area contributed by atoms with Gasteiger partial charge in [-0.2, -0.15) is 0 Å². The number of benzene rings is 5. The fourth-order valence-corrected chi connectivity index (χ4v) is 17.3. The van der Waals surface area contributed by atoms with Crippen molar-refractivity contribution in [2.24, 2.45) is 0 Å². The molecule has 1 aliphatic heterocycles. The summed E-state index contributed by atoms with van der Waals surface area (Å²) in [6, 6.07) is 36.8. The van der Waals surface area contributed by atoms with Crippen molar-refractivity contribution in [1.29, 1.82) is 0 Å². The third kappa shape index (κ3) is 14.7. The molecular weight excluding hydrogens is 1270 g/mol. The van der Waals surface area contributed by atoms with Crippen LogP contribution >= 0.6 is 0 Å². The Bertz CT molecular complexity index is 4290. The summed E-state index contributed by atoms with van der Waals surface area (Å²) in [5, 5.41) is 4.01. The van der Waals surface area contributed by atoms with Crippen molar-refractivity contribution in [2.45, 2.75) is 180 Å². The van der Waals surface area contributed by atoms with Gasteiger partial charge in [0.1, 0.15) is 38.3 Å². The lowest BCUT2D eigenvalue weighted by atomic mass is 9.83. The molecule has 5 aromatic carbocycles. The number of ether oxygens (including phenoxy) is 1. The van der Waals surface area contributed by atoms with Gasteiger partial charge in [-0.1, -0.05) is 72.8 Å². The second kappa shape index (κ2) is 33.8. The van der Waals surface area contributed by atoms with E-state index in [4.69, 9.17) is 4.74 Å². The topological polar surface area (TPSA) is 110 Å². The van der Waals surface area contributed by atoms with E-state index in [1.54, 1.807) is 13.2 Å². The average molecular weight is 1370 g/mol. The first kappa shape index (κ1) is 72.8. The predicted molar refractivity (Wildman–Crippen MR) is 390 cm³/mol. The Hall–Kier alpha value is -8.41. The number of hydrogen-bond acceptors (Lipinski definition) is 5. The second-order valence-corrected chi connectivity index (χ2v) is 27.2. The number of rotatable bonds is 19. The number of para-hydroxylation sites is 2. The molecule has 5 heterocycles. The zero-order valence-electron chi connectivity index (χ0n) is 59.5. The van der Waals surface area contributed by atoms with E-state index in [-0.39, 0.29) is 60.4 Å². The molecule has 18 heteroatoms. The molecule has 100 heavy (non-hydrogen) atoms. The van der Waals surface area contributed by atoms with Gasteiger partial charge >= 0.3 is 0 Å². The van der Waals surface area contributed by atoms with Crippen molar-refractivity contribution in [3.8, 4) is 5.75 Å². The van der Waals surface area contributed by atoms with Gasteiger partial charge in [-0.05, 0) is 194 Å². The number of likely N-dealkylation sites (tertiary alicyclic amines) is 1. The summed E-state index contributed by atoms with van der Waals surface area (Å²) in [6.45, 7) is 12.8. The van der Waals surface area contributed by atoms with Crippen LogP contribution in [0.25, 0.3) is 43.6 Å². The molecule has 0 N–H and O–H groups in total. The van der Waals surface area contributed by atoms with Crippen molar-refractivity contribution in [1.82, 2.24) is 37.9 Å². The van der Waals surface area contributed by atoms with Crippen molar-refractivity contribution >= 4 is 67.2 Å². The van der Waals surface area contributed by atoms with Gasteiger partial charge in [0.05, 0.1) is 62.5 Å². The lowest BCUT2D eigenvalue weighted by molar-refractivity contribution is -0.134. The largest absolute Gasteiger partial charge is 0.496 e. The van der Waals surface area contributed by atoms with E-state index >= 15 is 0 Å². The molecule has 0 saturated carbocycles. The maximum absolute atomic E-state index is 13.8. The Morgan fingerprint density at radius 2 is 0.860 bits per heavy atom. The van der Waals surface area contributed by atoms with Gasteiger partial charge in [0, 0.05) is 114 Å². The number of piperidine rings is 1. The number of hydrogen-bond donors (Lipinski definition) is 0. The van der Waals surface area contributed by atoms with Crippen LogP contribution in [0.3, 0.4) is 0 Å². The number of fused-ring (bicyclic) bond motifs is 12. The second-order valence-electron chi connectivity index (χ2n) is 27.2.